The molecule has 0 radical (unpaired) electrons. The largest absolute Gasteiger partial charge is 0.379 e. The first-order chi connectivity index (χ1) is 10.8. The molecule has 0 bridgehead atoms. The zero-order valence-corrected chi connectivity index (χ0v) is 13.2. The van der Waals surface area contributed by atoms with Crippen LogP contribution in [0, 0.1) is 0 Å². The second-order valence-electron chi connectivity index (χ2n) is 5.26. The van der Waals surface area contributed by atoms with Crippen LogP contribution in [0.25, 0.3) is 0 Å². The molecule has 1 saturated heterocycles. The van der Waals surface area contributed by atoms with E-state index in [1.54, 1.807) is 11.3 Å². The summed E-state index contributed by atoms with van der Waals surface area (Å²) in [6.07, 6.45) is 0. The quantitative estimate of drug-likeness (QED) is 0.922. The van der Waals surface area contributed by atoms with Gasteiger partial charge in [0.1, 0.15) is 0 Å². The fraction of sp³-hybridized carbons (Fsp3) is 0.353. The van der Waals surface area contributed by atoms with Crippen LogP contribution in [0.5, 0.6) is 0 Å². The van der Waals surface area contributed by atoms with Crippen LogP contribution in [0.2, 0.25) is 0 Å². The van der Waals surface area contributed by atoms with Gasteiger partial charge in [0.05, 0.1) is 19.3 Å². The average molecular weight is 316 g/mol. The van der Waals surface area contributed by atoms with E-state index in [-0.39, 0.29) is 11.9 Å². The SMILES string of the molecule is O=C(NC[C@H](c1cccs1)N1CCOCC1)c1ccccc1. The minimum absolute atomic E-state index is 0.0181. The Morgan fingerprint density at radius 2 is 1.95 bits per heavy atom. The summed E-state index contributed by atoms with van der Waals surface area (Å²) < 4.78 is 5.44. The van der Waals surface area contributed by atoms with Gasteiger partial charge in [-0.2, -0.15) is 0 Å². The highest BCUT2D eigenvalue weighted by Gasteiger charge is 2.24. The van der Waals surface area contributed by atoms with Crippen molar-refractivity contribution in [1.29, 1.82) is 0 Å². The van der Waals surface area contributed by atoms with Gasteiger partial charge in [0.25, 0.3) is 5.91 Å². The Bertz CT molecular complexity index is 580. The molecule has 5 heteroatoms. The summed E-state index contributed by atoms with van der Waals surface area (Å²) >= 11 is 1.74. The first-order valence-corrected chi connectivity index (χ1v) is 8.41. The summed E-state index contributed by atoms with van der Waals surface area (Å²) in [5.74, 6) is -0.0181. The van der Waals surface area contributed by atoms with Gasteiger partial charge in [-0.05, 0) is 23.6 Å². The fourth-order valence-electron chi connectivity index (χ4n) is 2.66. The highest BCUT2D eigenvalue weighted by atomic mass is 32.1. The van der Waals surface area contributed by atoms with E-state index in [4.69, 9.17) is 4.74 Å². The van der Waals surface area contributed by atoms with Crippen LogP contribution in [0.3, 0.4) is 0 Å². The number of morpholine rings is 1. The zero-order valence-electron chi connectivity index (χ0n) is 12.4. The molecule has 1 amide bonds. The van der Waals surface area contributed by atoms with Crippen LogP contribution >= 0.6 is 11.3 Å². The first-order valence-electron chi connectivity index (χ1n) is 7.53. The molecule has 116 valence electrons. The number of benzene rings is 1. The molecule has 2 heterocycles. The topological polar surface area (TPSA) is 41.6 Å². The maximum Gasteiger partial charge on any atom is 0.251 e. The molecule has 3 rings (SSSR count). The van der Waals surface area contributed by atoms with Crippen molar-refractivity contribution in [1.82, 2.24) is 10.2 Å². The highest BCUT2D eigenvalue weighted by Crippen LogP contribution is 2.25. The standard InChI is InChI=1S/C17H20N2O2S/c20-17(14-5-2-1-3-6-14)18-13-15(16-7-4-12-22-16)19-8-10-21-11-9-19/h1-7,12,15H,8-11,13H2,(H,18,20)/t15-/m1/s1. The van der Waals surface area contributed by atoms with Gasteiger partial charge in [0, 0.05) is 30.1 Å². The summed E-state index contributed by atoms with van der Waals surface area (Å²) in [6.45, 7) is 3.95. The van der Waals surface area contributed by atoms with Gasteiger partial charge in [0.2, 0.25) is 0 Å². The Morgan fingerprint density at radius 3 is 2.64 bits per heavy atom. The summed E-state index contributed by atoms with van der Waals surface area (Å²) in [5.41, 5.74) is 0.703. The Morgan fingerprint density at radius 1 is 1.18 bits per heavy atom. The van der Waals surface area contributed by atoms with Crippen molar-refractivity contribution < 1.29 is 9.53 Å². The molecule has 0 unspecified atom stereocenters. The average Bonchev–Trinajstić information content (AvgIpc) is 3.11. The third kappa shape index (κ3) is 3.74. The summed E-state index contributed by atoms with van der Waals surface area (Å²) in [4.78, 5) is 15.9. The third-order valence-corrected chi connectivity index (χ3v) is 4.82. The van der Waals surface area contributed by atoms with Crippen molar-refractivity contribution in [3.8, 4) is 0 Å². The van der Waals surface area contributed by atoms with E-state index in [9.17, 15) is 4.79 Å². The monoisotopic (exact) mass is 316 g/mol. The number of ether oxygens (including phenoxy) is 1. The predicted molar refractivity (Wildman–Crippen MR) is 88.2 cm³/mol. The normalized spacial score (nSPS) is 17.1. The number of rotatable bonds is 5. The molecule has 2 aromatic rings. The number of nitrogens with zero attached hydrogens (tertiary/aromatic N) is 1. The summed E-state index contributed by atoms with van der Waals surface area (Å²) in [5, 5.41) is 5.15. The van der Waals surface area contributed by atoms with Crippen molar-refractivity contribution >= 4 is 17.2 Å². The number of nitrogens with one attached hydrogen (secondary N) is 1. The van der Waals surface area contributed by atoms with Crippen molar-refractivity contribution in [2.45, 2.75) is 6.04 Å². The van der Waals surface area contributed by atoms with E-state index >= 15 is 0 Å². The lowest BCUT2D eigenvalue weighted by Gasteiger charge is -2.34. The van der Waals surface area contributed by atoms with Gasteiger partial charge in [-0.1, -0.05) is 24.3 Å². The van der Waals surface area contributed by atoms with Crippen molar-refractivity contribution in [2.75, 3.05) is 32.8 Å². The molecule has 22 heavy (non-hydrogen) atoms. The van der Waals surface area contributed by atoms with E-state index in [2.05, 4.69) is 27.7 Å². The zero-order chi connectivity index (χ0) is 15.2. The molecule has 1 aromatic carbocycles. The molecular weight excluding hydrogens is 296 g/mol. The van der Waals surface area contributed by atoms with Gasteiger partial charge in [0.15, 0.2) is 0 Å². The summed E-state index contributed by atoms with van der Waals surface area (Å²) in [7, 11) is 0. The first kappa shape index (κ1) is 15.2. The highest BCUT2D eigenvalue weighted by molar-refractivity contribution is 7.10. The Hall–Kier alpha value is -1.69. The lowest BCUT2D eigenvalue weighted by molar-refractivity contribution is 0.0169. The molecule has 4 nitrogen and oxygen atoms in total. The van der Waals surface area contributed by atoms with Crippen molar-refractivity contribution in [3.05, 3.63) is 58.3 Å². The maximum absolute atomic E-state index is 12.3. The third-order valence-electron chi connectivity index (χ3n) is 3.85. The van der Waals surface area contributed by atoms with Gasteiger partial charge in [-0.3, -0.25) is 9.69 Å². The molecule has 0 spiro atoms. The lowest BCUT2D eigenvalue weighted by Crippen LogP contribution is -2.43. The van der Waals surface area contributed by atoms with Crippen LogP contribution in [-0.2, 0) is 4.74 Å². The van der Waals surface area contributed by atoms with Gasteiger partial charge in [-0.15, -0.1) is 11.3 Å². The van der Waals surface area contributed by atoms with E-state index < -0.39 is 0 Å². The molecule has 1 atom stereocenters. The number of hydrogen-bond donors (Lipinski definition) is 1. The molecule has 1 aliphatic rings. The van der Waals surface area contributed by atoms with Crippen molar-refractivity contribution in [2.24, 2.45) is 0 Å². The van der Waals surface area contributed by atoms with Crippen LogP contribution in [0.1, 0.15) is 21.3 Å². The second kappa shape index (κ2) is 7.54. The van der Waals surface area contributed by atoms with Crippen LogP contribution < -0.4 is 5.32 Å². The predicted octanol–water partition coefficient (Wildman–Crippen LogP) is 2.55. The molecule has 1 aliphatic heterocycles. The van der Waals surface area contributed by atoms with E-state index in [0.29, 0.717) is 12.1 Å². The van der Waals surface area contributed by atoms with Gasteiger partial charge < -0.3 is 10.1 Å². The minimum Gasteiger partial charge on any atom is -0.379 e. The molecule has 1 aromatic heterocycles. The molecule has 1 fully saturated rings. The fourth-order valence-corrected chi connectivity index (χ4v) is 3.52. The smallest absolute Gasteiger partial charge is 0.251 e. The number of hydrogen-bond acceptors (Lipinski definition) is 4. The molecule has 0 saturated carbocycles. The Labute approximate surface area is 134 Å². The molecule has 1 N–H and O–H groups in total. The van der Waals surface area contributed by atoms with Crippen molar-refractivity contribution in [3.63, 3.8) is 0 Å². The number of carbonyl (C=O) groups excluding carboxylic acids is 1. The molecular formula is C17H20N2O2S. The number of thiophene rings is 1. The van der Waals surface area contributed by atoms with Crippen LogP contribution in [0.15, 0.2) is 47.8 Å². The van der Waals surface area contributed by atoms with E-state index in [1.165, 1.54) is 4.88 Å². The Kier molecular flexibility index (Phi) is 5.21. The van der Waals surface area contributed by atoms with Gasteiger partial charge in [-0.25, -0.2) is 0 Å². The van der Waals surface area contributed by atoms with E-state index in [1.807, 2.05) is 30.3 Å². The van der Waals surface area contributed by atoms with Gasteiger partial charge >= 0.3 is 0 Å². The van der Waals surface area contributed by atoms with Crippen LogP contribution in [-0.4, -0.2) is 43.7 Å². The number of amides is 1. The van der Waals surface area contributed by atoms with Crippen LogP contribution in [0.4, 0.5) is 0 Å². The molecule has 0 aliphatic carbocycles. The Balaban J connectivity index is 1.66. The lowest BCUT2D eigenvalue weighted by atomic mass is 10.1. The van der Waals surface area contributed by atoms with E-state index in [0.717, 1.165) is 26.3 Å². The second-order valence-corrected chi connectivity index (χ2v) is 6.23. The number of carbonyl (C=O) groups is 1. The minimum atomic E-state index is -0.0181. The summed E-state index contributed by atoms with van der Waals surface area (Å²) in [6, 6.07) is 13.8. The maximum atomic E-state index is 12.3.